The molecular formula is C17H29N5OS2. The third kappa shape index (κ3) is 6.14. The first kappa shape index (κ1) is 19.0. The fourth-order valence-corrected chi connectivity index (χ4v) is 4.19. The van der Waals surface area contributed by atoms with E-state index in [1.165, 1.54) is 5.69 Å². The number of morpholine rings is 1. The minimum Gasteiger partial charge on any atom is -0.379 e. The van der Waals surface area contributed by atoms with Crippen molar-refractivity contribution in [3.05, 3.63) is 16.1 Å². The van der Waals surface area contributed by atoms with Gasteiger partial charge in [-0.1, -0.05) is 0 Å². The number of aryl methyl sites for hydroxylation is 1. The third-order valence-electron chi connectivity index (χ3n) is 4.74. The second-order valence-corrected chi connectivity index (χ2v) is 8.11. The van der Waals surface area contributed by atoms with Crippen LogP contribution in [0.25, 0.3) is 0 Å². The predicted molar refractivity (Wildman–Crippen MR) is 106 cm³/mol. The van der Waals surface area contributed by atoms with Crippen LogP contribution in [0.15, 0.2) is 5.38 Å². The Morgan fingerprint density at radius 3 is 2.80 bits per heavy atom. The molecule has 0 aliphatic carbocycles. The number of rotatable bonds is 5. The number of thiazole rings is 1. The molecule has 0 saturated carbocycles. The van der Waals surface area contributed by atoms with E-state index >= 15 is 0 Å². The van der Waals surface area contributed by atoms with Gasteiger partial charge in [0.2, 0.25) is 0 Å². The molecule has 2 fully saturated rings. The molecule has 1 aromatic rings. The molecule has 3 heterocycles. The summed E-state index contributed by atoms with van der Waals surface area (Å²) in [5, 5.41) is 7.67. The molecule has 3 rings (SSSR count). The normalized spacial score (nSPS) is 20.4. The lowest BCUT2D eigenvalue weighted by atomic mass is 10.3. The highest BCUT2D eigenvalue weighted by Crippen LogP contribution is 2.12. The van der Waals surface area contributed by atoms with Gasteiger partial charge in [0.05, 0.1) is 23.9 Å². The summed E-state index contributed by atoms with van der Waals surface area (Å²) < 4.78 is 5.39. The van der Waals surface area contributed by atoms with Crippen molar-refractivity contribution in [3.8, 4) is 0 Å². The number of hydrogen-bond donors (Lipinski definition) is 1. The Balaban J connectivity index is 1.37. The van der Waals surface area contributed by atoms with E-state index in [0.29, 0.717) is 0 Å². The maximum Gasteiger partial charge on any atom is 0.169 e. The molecule has 0 atom stereocenters. The van der Waals surface area contributed by atoms with Crippen molar-refractivity contribution in [2.45, 2.75) is 19.9 Å². The number of aromatic nitrogens is 1. The number of hydrogen-bond acceptors (Lipinski definition) is 6. The van der Waals surface area contributed by atoms with Gasteiger partial charge in [0.25, 0.3) is 0 Å². The van der Waals surface area contributed by atoms with Crippen LogP contribution in [0, 0.1) is 6.92 Å². The van der Waals surface area contributed by atoms with E-state index in [-0.39, 0.29) is 0 Å². The minimum absolute atomic E-state index is 0.852. The molecule has 1 aromatic heterocycles. The van der Waals surface area contributed by atoms with Gasteiger partial charge in [0.1, 0.15) is 0 Å². The minimum atomic E-state index is 0.852. The van der Waals surface area contributed by atoms with Crippen molar-refractivity contribution in [1.29, 1.82) is 0 Å². The van der Waals surface area contributed by atoms with Crippen LogP contribution in [0.1, 0.15) is 17.1 Å². The summed E-state index contributed by atoms with van der Waals surface area (Å²) in [5.74, 6) is 0. The van der Waals surface area contributed by atoms with Gasteiger partial charge in [-0.3, -0.25) is 9.80 Å². The molecular weight excluding hydrogens is 354 g/mol. The SMILES string of the molecule is Cc1nc(CN2CCCN(C(=S)NCCN3CCOCC3)CC2)cs1. The van der Waals surface area contributed by atoms with E-state index in [1.807, 2.05) is 0 Å². The van der Waals surface area contributed by atoms with Crippen molar-refractivity contribution in [2.24, 2.45) is 0 Å². The van der Waals surface area contributed by atoms with Crippen molar-refractivity contribution in [3.63, 3.8) is 0 Å². The number of nitrogens with one attached hydrogen (secondary N) is 1. The third-order valence-corrected chi connectivity index (χ3v) is 5.96. The quantitative estimate of drug-likeness (QED) is 0.766. The second-order valence-electron chi connectivity index (χ2n) is 6.66. The molecule has 0 radical (unpaired) electrons. The molecule has 140 valence electrons. The van der Waals surface area contributed by atoms with E-state index < -0.39 is 0 Å². The van der Waals surface area contributed by atoms with Crippen LogP contribution in [0.3, 0.4) is 0 Å². The Labute approximate surface area is 160 Å². The molecule has 2 saturated heterocycles. The fourth-order valence-electron chi connectivity index (χ4n) is 3.30. The summed E-state index contributed by atoms with van der Waals surface area (Å²) >= 11 is 7.35. The molecule has 6 nitrogen and oxygen atoms in total. The molecule has 25 heavy (non-hydrogen) atoms. The maximum absolute atomic E-state index is 5.62. The first-order chi connectivity index (χ1) is 12.2. The zero-order valence-electron chi connectivity index (χ0n) is 15.1. The van der Waals surface area contributed by atoms with E-state index in [1.54, 1.807) is 11.3 Å². The summed E-state index contributed by atoms with van der Waals surface area (Å²) in [7, 11) is 0. The van der Waals surface area contributed by atoms with Crippen LogP contribution in [0.5, 0.6) is 0 Å². The average molecular weight is 384 g/mol. The van der Waals surface area contributed by atoms with Gasteiger partial charge in [0.15, 0.2) is 5.11 Å². The number of thiocarbonyl (C=S) groups is 1. The van der Waals surface area contributed by atoms with Crippen molar-refractivity contribution < 1.29 is 4.74 Å². The first-order valence-electron chi connectivity index (χ1n) is 9.17. The maximum atomic E-state index is 5.62. The highest BCUT2D eigenvalue weighted by Gasteiger charge is 2.18. The Morgan fingerprint density at radius 2 is 2.04 bits per heavy atom. The summed E-state index contributed by atoms with van der Waals surface area (Å²) in [4.78, 5) is 11.8. The molecule has 0 unspecified atom stereocenters. The van der Waals surface area contributed by atoms with Crippen molar-refractivity contribution in [2.75, 3.05) is 65.6 Å². The fraction of sp³-hybridized carbons (Fsp3) is 0.765. The van der Waals surface area contributed by atoms with Gasteiger partial charge in [-0.05, 0) is 25.6 Å². The van der Waals surface area contributed by atoms with Gasteiger partial charge >= 0.3 is 0 Å². The van der Waals surface area contributed by atoms with Gasteiger partial charge in [0, 0.05) is 64.3 Å². The van der Waals surface area contributed by atoms with Crippen LogP contribution in [0.4, 0.5) is 0 Å². The molecule has 0 bridgehead atoms. The van der Waals surface area contributed by atoms with Gasteiger partial charge in [-0.15, -0.1) is 11.3 Å². The van der Waals surface area contributed by atoms with Crippen LogP contribution in [0.2, 0.25) is 0 Å². The predicted octanol–water partition coefficient (Wildman–Crippen LogP) is 1.17. The van der Waals surface area contributed by atoms with Gasteiger partial charge in [-0.2, -0.15) is 0 Å². The Bertz CT molecular complexity index is 547. The Morgan fingerprint density at radius 1 is 1.20 bits per heavy atom. The van der Waals surface area contributed by atoms with Crippen LogP contribution >= 0.6 is 23.6 Å². The first-order valence-corrected chi connectivity index (χ1v) is 10.5. The standard InChI is InChI=1S/C17H29N5OS2/c1-15-19-16(14-25-15)13-21-4-2-5-22(8-7-21)17(24)18-3-6-20-9-11-23-12-10-20/h14H,2-13H2,1H3,(H,18,24). The summed E-state index contributed by atoms with van der Waals surface area (Å²) in [6.07, 6.45) is 1.15. The molecule has 2 aliphatic rings. The van der Waals surface area contributed by atoms with E-state index in [2.05, 4.69) is 37.3 Å². The summed E-state index contributed by atoms with van der Waals surface area (Å²) in [6, 6.07) is 0. The van der Waals surface area contributed by atoms with Crippen LogP contribution in [-0.2, 0) is 11.3 Å². The highest BCUT2D eigenvalue weighted by atomic mass is 32.1. The topological polar surface area (TPSA) is 43.9 Å². The highest BCUT2D eigenvalue weighted by molar-refractivity contribution is 7.80. The monoisotopic (exact) mass is 383 g/mol. The van der Waals surface area contributed by atoms with Gasteiger partial charge in [-0.25, -0.2) is 4.98 Å². The largest absolute Gasteiger partial charge is 0.379 e. The molecule has 0 spiro atoms. The van der Waals surface area contributed by atoms with Crippen LogP contribution < -0.4 is 5.32 Å². The second kappa shape index (κ2) is 9.78. The van der Waals surface area contributed by atoms with Crippen molar-refractivity contribution >= 4 is 28.7 Å². The molecule has 1 N–H and O–H groups in total. The molecule has 0 aromatic carbocycles. The smallest absolute Gasteiger partial charge is 0.169 e. The average Bonchev–Trinajstić information content (AvgIpc) is 2.89. The zero-order valence-corrected chi connectivity index (χ0v) is 16.7. The number of ether oxygens (including phenoxy) is 1. The van der Waals surface area contributed by atoms with E-state index in [9.17, 15) is 0 Å². The van der Waals surface area contributed by atoms with Crippen LogP contribution in [-0.4, -0.2) is 90.4 Å². The summed E-state index contributed by atoms with van der Waals surface area (Å²) in [6.45, 7) is 12.9. The van der Waals surface area contributed by atoms with Gasteiger partial charge < -0.3 is 15.0 Å². The molecule has 0 amide bonds. The molecule has 2 aliphatic heterocycles. The lowest BCUT2D eigenvalue weighted by Crippen LogP contribution is -2.46. The molecule has 8 heteroatoms. The Hall–Kier alpha value is -0.800. The lowest BCUT2D eigenvalue weighted by Gasteiger charge is -2.28. The lowest BCUT2D eigenvalue weighted by molar-refractivity contribution is 0.0389. The zero-order chi connectivity index (χ0) is 17.5. The summed E-state index contributed by atoms with van der Waals surface area (Å²) in [5.41, 5.74) is 1.20. The van der Waals surface area contributed by atoms with E-state index in [4.69, 9.17) is 17.0 Å². The van der Waals surface area contributed by atoms with E-state index in [0.717, 1.165) is 88.7 Å². The van der Waals surface area contributed by atoms with Crippen molar-refractivity contribution in [1.82, 2.24) is 25.0 Å². The Kier molecular flexibility index (Phi) is 7.42. The number of nitrogens with zero attached hydrogens (tertiary/aromatic N) is 4.